The Morgan fingerprint density at radius 1 is 1.40 bits per heavy atom. The lowest BCUT2D eigenvalue weighted by molar-refractivity contribution is 0.0954. The van der Waals surface area contributed by atoms with Gasteiger partial charge in [-0.05, 0) is 43.9 Å². The highest BCUT2D eigenvalue weighted by molar-refractivity contribution is 7.20. The van der Waals surface area contributed by atoms with Crippen LogP contribution in [0.25, 0.3) is 15.9 Å². The van der Waals surface area contributed by atoms with Gasteiger partial charge in [-0.2, -0.15) is 5.10 Å². The minimum Gasteiger partial charge on any atom is -0.350 e. The number of nitrogens with one attached hydrogen (secondary N) is 1. The van der Waals surface area contributed by atoms with Gasteiger partial charge in [-0.15, -0.1) is 23.7 Å². The van der Waals surface area contributed by atoms with Gasteiger partial charge in [0.25, 0.3) is 5.91 Å². The van der Waals surface area contributed by atoms with Crippen LogP contribution < -0.4 is 11.1 Å². The number of thiophene rings is 1. The molecule has 132 valence electrons. The summed E-state index contributed by atoms with van der Waals surface area (Å²) in [5.41, 5.74) is 7.99. The molecule has 0 radical (unpaired) electrons. The van der Waals surface area contributed by atoms with Crippen molar-refractivity contribution in [2.24, 2.45) is 11.7 Å². The van der Waals surface area contributed by atoms with Crippen molar-refractivity contribution in [3.8, 4) is 5.69 Å². The number of carbonyl (C=O) groups is 1. The third-order valence-corrected chi connectivity index (χ3v) is 5.60. The maximum absolute atomic E-state index is 12.4. The standard InChI is InChI=1S/C18H20N4OS.ClH/c1-11-14-9-16(17(23)20-10-15(19)12-7-8-12)24-18(14)22(21-11)13-5-3-2-4-6-13;/h2-6,9,12,15H,7-8,10,19H2,1H3,(H,20,23);1H. The van der Waals surface area contributed by atoms with Crippen LogP contribution in [0.5, 0.6) is 0 Å². The molecule has 1 unspecified atom stereocenters. The maximum atomic E-state index is 12.4. The van der Waals surface area contributed by atoms with Crippen molar-refractivity contribution in [2.45, 2.75) is 25.8 Å². The van der Waals surface area contributed by atoms with Gasteiger partial charge < -0.3 is 11.1 Å². The first kappa shape index (κ1) is 17.9. The molecule has 0 bridgehead atoms. The summed E-state index contributed by atoms with van der Waals surface area (Å²) in [7, 11) is 0. The number of aromatic nitrogens is 2. The quantitative estimate of drug-likeness (QED) is 0.717. The van der Waals surface area contributed by atoms with Gasteiger partial charge in [0.1, 0.15) is 4.83 Å². The van der Waals surface area contributed by atoms with Crippen LogP contribution in [0.15, 0.2) is 36.4 Å². The molecule has 1 saturated carbocycles. The summed E-state index contributed by atoms with van der Waals surface area (Å²) in [5, 5.41) is 8.60. The number of para-hydroxylation sites is 1. The van der Waals surface area contributed by atoms with Crippen molar-refractivity contribution < 1.29 is 4.79 Å². The van der Waals surface area contributed by atoms with Crippen molar-refractivity contribution in [1.29, 1.82) is 0 Å². The summed E-state index contributed by atoms with van der Waals surface area (Å²) >= 11 is 1.47. The van der Waals surface area contributed by atoms with E-state index in [1.165, 1.54) is 24.2 Å². The molecule has 1 atom stereocenters. The Bertz CT molecular complexity index is 885. The molecule has 3 aromatic rings. The normalized spacial score (nSPS) is 15.0. The fraction of sp³-hybridized carbons (Fsp3) is 0.333. The lowest BCUT2D eigenvalue weighted by atomic mass is 10.2. The number of nitrogens with zero attached hydrogens (tertiary/aromatic N) is 2. The van der Waals surface area contributed by atoms with E-state index in [4.69, 9.17) is 5.73 Å². The van der Waals surface area contributed by atoms with Crippen LogP contribution in [0, 0.1) is 12.8 Å². The SMILES string of the molecule is Cc1nn(-c2ccccc2)c2sc(C(=O)NCC(N)C3CC3)cc12.Cl. The summed E-state index contributed by atoms with van der Waals surface area (Å²) in [4.78, 5) is 14.1. The van der Waals surface area contributed by atoms with Gasteiger partial charge in [-0.1, -0.05) is 18.2 Å². The molecule has 5 nitrogen and oxygen atoms in total. The van der Waals surface area contributed by atoms with Gasteiger partial charge in [0, 0.05) is 18.0 Å². The van der Waals surface area contributed by atoms with Gasteiger partial charge >= 0.3 is 0 Å². The molecule has 1 aliphatic carbocycles. The number of carbonyl (C=O) groups excluding carboxylic acids is 1. The second-order valence-corrected chi connectivity index (χ2v) is 7.40. The monoisotopic (exact) mass is 376 g/mol. The van der Waals surface area contributed by atoms with Crippen molar-refractivity contribution >= 4 is 39.9 Å². The first-order chi connectivity index (χ1) is 11.6. The number of hydrogen-bond donors (Lipinski definition) is 2. The van der Waals surface area contributed by atoms with E-state index in [2.05, 4.69) is 10.4 Å². The summed E-state index contributed by atoms with van der Waals surface area (Å²) in [6.45, 7) is 2.51. The lowest BCUT2D eigenvalue weighted by Crippen LogP contribution is -2.38. The molecule has 2 heterocycles. The van der Waals surface area contributed by atoms with Crippen LogP contribution in [-0.2, 0) is 0 Å². The topological polar surface area (TPSA) is 72.9 Å². The molecule has 3 N–H and O–H groups in total. The second kappa shape index (κ2) is 7.15. The van der Waals surface area contributed by atoms with E-state index < -0.39 is 0 Å². The van der Waals surface area contributed by atoms with E-state index in [1.54, 1.807) is 0 Å². The van der Waals surface area contributed by atoms with Gasteiger partial charge in [0.2, 0.25) is 0 Å². The van der Waals surface area contributed by atoms with Crippen LogP contribution >= 0.6 is 23.7 Å². The van der Waals surface area contributed by atoms with E-state index in [-0.39, 0.29) is 24.4 Å². The number of benzene rings is 1. The highest BCUT2D eigenvalue weighted by Crippen LogP contribution is 2.32. The number of halogens is 1. The highest BCUT2D eigenvalue weighted by Gasteiger charge is 2.28. The van der Waals surface area contributed by atoms with Crippen LogP contribution in [-0.4, -0.2) is 28.3 Å². The van der Waals surface area contributed by atoms with E-state index in [1.807, 2.05) is 48.0 Å². The van der Waals surface area contributed by atoms with Gasteiger partial charge in [0.15, 0.2) is 0 Å². The maximum Gasteiger partial charge on any atom is 0.261 e. The Balaban J connectivity index is 0.00000182. The number of amides is 1. The van der Waals surface area contributed by atoms with Crippen LogP contribution in [0.3, 0.4) is 0 Å². The summed E-state index contributed by atoms with van der Waals surface area (Å²) in [6, 6.07) is 12.0. The van der Waals surface area contributed by atoms with Gasteiger partial charge in [-0.3, -0.25) is 4.79 Å². The summed E-state index contributed by atoms with van der Waals surface area (Å²) in [6.07, 6.45) is 2.37. The average molecular weight is 377 g/mol. The van der Waals surface area contributed by atoms with Crippen LogP contribution in [0.2, 0.25) is 0 Å². The lowest BCUT2D eigenvalue weighted by Gasteiger charge is -2.10. The Morgan fingerprint density at radius 3 is 2.80 bits per heavy atom. The molecule has 4 rings (SSSR count). The second-order valence-electron chi connectivity index (χ2n) is 6.37. The molecule has 1 aliphatic rings. The molecule has 25 heavy (non-hydrogen) atoms. The van der Waals surface area contributed by atoms with Crippen molar-refractivity contribution in [2.75, 3.05) is 6.54 Å². The van der Waals surface area contributed by atoms with Crippen molar-refractivity contribution in [3.63, 3.8) is 0 Å². The Kier molecular flexibility index (Phi) is 5.13. The smallest absolute Gasteiger partial charge is 0.261 e. The van der Waals surface area contributed by atoms with E-state index in [0.29, 0.717) is 17.3 Å². The molecule has 1 fully saturated rings. The van der Waals surface area contributed by atoms with Crippen molar-refractivity contribution in [1.82, 2.24) is 15.1 Å². The molecule has 2 aromatic heterocycles. The third kappa shape index (κ3) is 3.56. The number of aryl methyl sites for hydroxylation is 1. The van der Waals surface area contributed by atoms with E-state index in [9.17, 15) is 4.79 Å². The fourth-order valence-electron chi connectivity index (χ4n) is 2.89. The molecule has 0 spiro atoms. The van der Waals surface area contributed by atoms with E-state index in [0.717, 1.165) is 21.6 Å². The molecule has 1 aromatic carbocycles. The predicted molar refractivity (Wildman–Crippen MR) is 104 cm³/mol. The van der Waals surface area contributed by atoms with Crippen molar-refractivity contribution in [3.05, 3.63) is 47.0 Å². The zero-order valence-corrected chi connectivity index (χ0v) is 15.6. The predicted octanol–water partition coefficient (Wildman–Crippen LogP) is 3.28. The van der Waals surface area contributed by atoms with Crippen LogP contribution in [0.4, 0.5) is 0 Å². The number of hydrogen-bond acceptors (Lipinski definition) is 4. The first-order valence-electron chi connectivity index (χ1n) is 8.22. The summed E-state index contributed by atoms with van der Waals surface area (Å²) < 4.78 is 1.90. The Labute approximate surface area is 156 Å². The third-order valence-electron chi connectivity index (χ3n) is 4.50. The molecule has 1 amide bonds. The van der Waals surface area contributed by atoms with Crippen LogP contribution in [0.1, 0.15) is 28.2 Å². The van der Waals surface area contributed by atoms with Gasteiger partial charge in [0.05, 0.1) is 16.3 Å². The summed E-state index contributed by atoms with van der Waals surface area (Å²) in [5.74, 6) is 0.535. The molecular weight excluding hydrogens is 356 g/mol. The number of rotatable bonds is 5. The van der Waals surface area contributed by atoms with E-state index >= 15 is 0 Å². The number of nitrogens with two attached hydrogens (primary N) is 1. The highest BCUT2D eigenvalue weighted by atomic mass is 35.5. The molecule has 7 heteroatoms. The van der Waals surface area contributed by atoms with Gasteiger partial charge in [-0.25, -0.2) is 4.68 Å². The zero-order valence-electron chi connectivity index (χ0n) is 13.9. The Morgan fingerprint density at radius 2 is 2.12 bits per heavy atom. The fourth-order valence-corrected chi connectivity index (χ4v) is 3.99. The molecule has 0 aliphatic heterocycles. The Hall–Kier alpha value is -1.89. The zero-order chi connectivity index (χ0) is 16.7. The minimum atomic E-state index is -0.0497. The first-order valence-corrected chi connectivity index (χ1v) is 9.03. The average Bonchev–Trinajstić information content (AvgIpc) is 3.28. The molecule has 0 saturated heterocycles. The minimum absolute atomic E-state index is 0. The largest absolute Gasteiger partial charge is 0.350 e. The number of fused-ring (bicyclic) bond motifs is 1. The molecular formula is C18H21ClN4OS.